The molecular weight excluding hydrogens is 148 g/mol. The monoisotopic (exact) mass is 158 g/mol. The van der Waals surface area contributed by atoms with E-state index in [1.165, 1.54) is 6.08 Å². The maximum atomic E-state index is 9.95. The molecule has 0 spiro atoms. The summed E-state index contributed by atoms with van der Waals surface area (Å²) in [4.78, 5) is 19.9. The van der Waals surface area contributed by atoms with Crippen LogP contribution in [0.4, 0.5) is 0 Å². The van der Waals surface area contributed by atoms with E-state index in [1.54, 1.807) is 6.08 Å². The number of carbonyl (C=O) groups is 2. The Morgan fingerprint density at radius 2 is 1.73 bits per heavy atom. The van der Waals surface area contributed by atoms with Crippen molar-refractivity contribution in [3.05, 3.63) is 12.2 Å². The molecule has 2 N–H and O–H groups in total. The van der Waals surface area contributed by atoms with Gasteiger partial charge in [-0.2, -0.15) is 0 Å². The van der Waals surface area contributed by atoms with Gasteiger partial charge in [0.05, 0.1) is 6.42 Å². The van der Waals surface area contributed by atoms with Gasteiger partial charge < -0.3 is 10.2 Å². The number of carboxylic acids is 2. The lowest BCUT2D eigenvalue weighted by Gasteiger charge is -1.86. The Morgan fingerprint density at radius 3 is 2.18 bits per heavy atom. The molecule has 0 rings (SSSR count). The average Bonchev–Trinajstić information content (AvgIpc) is 1.85. The van der Waals surface area contributed by atoms with Crippen LogP contribution in [0.15, 0.2) is 12.2 Å². The van der Waals surface area contributed by atoms with Gasteiger partial charge in [0.1, 0.15) is 0 Å². The van der Waals surface area contributed by atoms with Crippen LogP contribution in [0.3, 0.4) is 0 Å². The maximum absolute atomic E-state index is 9.95. The topological polar surface area (TPSA) is 74.6 Å². The fraction of sp³-hybridized carbons (Fsp3) is 0.429. The first-order valence-electron chi connectivity index (χ1n) is 3.21. The number of aliphatic carboxylic acids is 2. The molecule has 0 saturated heterocycles. The molecule has 0 bridgehead atoms. The van der Waals surface area contributed by atoms with Crippen molar-refractivity contribution in [1.82, 2.24) is 0 Å². The average molecular weight is 158 g/mol. The third-order valence-electron chi connectivity index (χ3n) is 0.984. The third kappa shape index (κ3) is 8.68. The van der Waals surface area contributed by atoms with Crippen molar-refractivity contribution >= 4 is 11.9 Å². The molecule has 4 heteroatoms. The van der Waals surface area contributed by atoms with Crippen LogP contribution in [0.5, 0.6) is 0 Å². The molecule has 0 saturated carbocycles. The summed E-state index contributed by atoms with van der Waals surface area (Å²) < 4.78 is 0. The van der Waals surface area contributed by atoms with E-state index in [4.69, 9.17) is 10.2 Å². The summed E-state index contributed by atoms with van der Waals surface area (Å²) in [6, 6.07) is 0. The SMILES string of the molecule is O=C(O)C/C=C/CCC(=O)O. The van der Waals surface area contributed by atoms with Crippen molar-refractivity contribution in [2.24, 2.45) is 0 Å². The van der Waals surface area contributed by atoms with Crippen LogP contribution in [0, 0.1) is 0 Å². The minimum absolute atomic E-state index is 0.0420. The molecule has 0 unspecified atom stereocenters. The van der Waals surface area contributed by atoms with Crippen molar-refractivity contribution in [2.75, 3.05) is 0 Å². The van der Waals surface area contributed by atoms with Crippen LogP contribution in [0.2, 0.25) is 0 Å². The molecule has 0 aliphatic heterocycles. The highest BCUT2D eigenvalue weighted by Gasteiger charge is 1.92. The zero-order valence-electron chi connectivity index (χ0n) is 5.99. The van der Waals surface area contributed by atoms with Crippen LogP contribution in [0.1, 0.15) is 19.3 Å². The van der Waals surface area contributed by atoms with Gasteiger partial charge in [0.25, 0.3) is 0 Å². The summed E-state index contributed by atoms with van der Waals surface area (Å²) in [7, 11) is 0. The minimum Gasteiger partial charge on any atom is -0.481 e. The maximum Gasteiger partial charge on any atom is 0.307 e. The second kappa shape index (κ2) is 5.46. The molecular formula is C7H10O4. The molecule has 62 valence electrons. The fourth-order valence-electron chi connectivity index (χ4n) is 0.509. The second-order valence-corrected chi connectivity index (χ2v) is 2.00. The molecule has 0 aliphatic rings. The van der Waals surface area contributed by atoms with Crippen molar-refractivity contribution in [2.45, 2.75) is 19.3 Å². The highest BCUT2D eigenvalue weighted by atomic mass is 16.4. The van der Waals surface area contributed by atoms with Crippen LogP contribution >= 0.6 is 0 Å². The summed E-state index contributed by atoms with van der Waals surface area (Å²) in [6.07, 6.45) is 3.41. The van der Waals surface area contributed by atoms with Gasteiger partial charge in [-0.05, 0) is 6.42 Å². The summed E-state index contributed by atoms with van der Waals surface area (Å²) in [5, 5.41) is 16.3. The van der Waals surface area contributed by atoms with Gasteiger partial charge in [0.15, 0.2) is 0 Å². The molecule has 0 atom stereocenters. The highest BCUT2D eigenvalue weighted by Crippen LogP contribution is 1.92. The van der Waals surface area contributed by atoms with Gasteiger partial charge in [0.2, 0.25) is 0 Å². The molecule has 0 aromatic carbocycles. The minimum atomic E-state index is -0.906. The highest BCUT2D eigenvalue weighted by molar-refractivity contribution is 5.68. The normalized spacial score (nSPS) is 10.2. The van der Waals surface area contributed by atoms with Crippen molar-refractivity contribution in [1.29, 1.82) is 0 Å². The molecule has 0 aromatic rings. The quantitative estimate of drug-likeness (QED) is 0.582. The molecule has 0 aliphatic carbocycles. The molecule has 0 fully saturated rings. The molecule has 0 aromatic heterocycles. The van der Waals surface area contributed by atoms with Crippen LogP contribution in [0.25, 0.3) is 0 Å². The van der Waals surface area contributed by atoms with Crippen LogP contribution < -0.4 is 0 Å². The van der Waals surface area contributed by atoms with Crippen molar-refractivity contribution in [3.8, 4) is 0 Å². The van der Waals surface area contributed by atoms with E-state index in [0.29, 0.717) is 6.42 Å². The molecule has 0 radical (unpaired) electrons. The summed E-state index contributed by atoms with van der Waals surface area (Å²) >= 11 is 0. The number of hydrogen-bond donors (Lipinski definition) is 2. The van der Waals surface area contributed by atoms with E-state index in [-0.39, 0.29) is 12.8 Å². The lowest BCUT2D eigenvalue weighted by molar-refractivity contribution is -0.137. The van der Waals surface area contributed by atoms with Crippen LogP contribution in [-0.2, 0) is 9.59 Å². The van der Waals surface area contributed by atoms with Gasteiger partial charge in [-0.25, -0.2) is 0 Å². The summed E-state index contributed by atoms with van der Waals surface area (Å²) in [5.74, 6) is -1.78. The smallest absolute Gasteiger partial charge is 0.307 e. The molecule has 11 heavy (non-hydrogen) atoms. The van der Waals surface area contributed by atoms with E-state index in [2.05, 4.69) is 0 Å². The predicted molar refractivity (Wildman–Crippen MR) is 38.3 cm³/mol. The third-order valence-corrected chi connectivity index (χ3v) is 0.984. The second-order valence-electron chi connectivity index (χ2n) is 2.00. The first-order chi connectivity index (χ1) is 5.13. The van der Waals surface area contributed by atoms with Gasteiger partial charge in [-0.1, -0.05) is 12.2 Å². The number of carboxylic acid groups (broad SMARTS) is 2. The first-order valence-corrected chi connectivity index (χ1v) is 3.21. The lowest BCUT2D eigenvalue weighted by atomic mass is 10.2. The van der Waals surface area contributed by atoms with Crippen molar-refractivity contribution < 1.29 is 19.8 Å². The first kappa shape index (κ1) is 9.68. The Bertz CT molecular complexity index is 171. The fourth-order valence-corrected chi connectivity index (χ4v) is 0.509. The molecule has 0 heterocycles. The van der Waals surface area contributed by atoms with E-state index in [9.17, 15) is 9.59 Å². The van der Waals surface area contributed by atoms with Gasteiger partial charge >= 0.3 is 11.9 Å². The molecule has 4 nitrogen and oxygen atoms in total. The van der Waals surface area contributed by atoms with Gasteiger partial charge in [-0.3, -0.25) is 9.59 Å². The van der Waals surface area contributed by atoms with Gasteiger partial charge in [0, 0.05) is 6.42 Å². The lowest BCUT2D eigenvalue weighted by Crippen LogP contribution is -1.92. The standard InChI is InChI=1S/C7H10O4/c8-6(9)4-2-1-3-5-7(10)11/h1-2H,3-5H2,(H,8,9)(H,10,11)/b2-1+. The number of rotatable bonds is 5. The van der Waals surface area contributed by atoms with Crippen LogP contribution in [-0.4, -0.2) is 22.2 Å². The van der Waals surface area contributed by atoms with Crippen molar-refractivity contribution in [3.63, 3.8) is 0 Å². The summed E-state index contributed by atoms with van der Waals surface area (Å²) in [5.41, 5.74) is 0. The molecule has 0 amide bonds. The Labute approximate surface area is 64.2 Å². The van der Waals surface area contributed by atoms with E-state index >= 15 is 0 Å². The van der Waals surface area contributed by atoms with E-state index in [0.717, 1.165) is 0 Å². The predicted octanol–water partition coefficient (Wildman–Crippen LogP) is 0.882. The Hall–Kier alpha value is -1.32. The summed E-state index contributed by atoms with van der Waals surface area (Å²) in [6.45, 7) is 0. The largest absolute Gasteiger partial charge is 0.481 e. The number of hydrogen-bond acceptors (Lipinski definition) is 2. The Kier molecular flexibility index (Phi) is 4.81. The number of allylic oxidation sites excluding steroid dienone is 1. The van der Waals surface area contributed by atoms with E-state index in [1.807, 2.05) is 0 Å². The zero-order valence-corrected chi connectivity index (χ0v) is 5.99. The zero-order chi connectivity index (χ0) is 8.69. The van der Waals surface area contributed by atoms with Gasteiger partial charge in [-0.15, -0.1) is 0 Å². The van der Waals surface area contributed by atoms with E-state index < -0.39 is 11.9 Å². The Balaban J connectivity index is 3.30. The Morgan fingerprint density at radius 1 is 1.09 bits per heavy atom.